The van der Waals surface area contributed by atoms with E-state index in [2.05, 4.69) is 26.6 Å². The van der Waals surface area contributed by atoms with Crippen LogP contribution in [-0.2, 0) is 4.79 Å². The highest BCUT2D eigenvalue weighted by atomic mass is 79.9. The monoisotopic (exact) mass is 376 g/mol. The number of anilines is 1. The van der Waals surface area contributed by atoms with Crippen molar-refractivity contribution in [2.75, 3.05) is 18.4 Å². The molecule has 1 aliphatic rings. The summed E-state index contributed by atoms with van der Waals surface area (Å²) >= 11 is 3.45. The van der Waals surface area contributed by atoms with Gasteiger partial charge in [-0.1, -0.05) is 15.9 Å². The van der Waals surface area contributed by atoms with Crippen LogP contribution in [0, 0.1) is 5.92 Å². The minimum absolute atomic E-state index is 0. The predicted molar refractivity (Wildman–Crippen MR) is 91.4 cm³/mol. The summed E-state index contributed by atoms with van der Waals surface area (Å²) in [4.78, 5) is 12.2. The first-order valence-corrected chi connectivity index (χ1v) is 7.82. The second kappa shape index (κ2) is 8.61. The van der Waals surface area contributed by atoms with E-state index < -0.39 is 0 Å². The summed E-state index contributed by atoms with van der Waals surface area (Å²) in [6.07, 6.45) is 1.90. The maximum Gasteiger partial charge on any atom is 0.227 e. The number of nitrogens with one attached hydrogen (secondary N) is 2. The van der Waals surface area contributed by atoms with Crippen LogP contribution in [0.15, 0.2) is 22.7 Å². The van der Waals surface area contributed by atoms with Crippen LogP contribution in [0.4, 0.5) is 5.69 Å². The maximum atomic E-state index is 12.2. The van der Waals surface area contributed by atoms with Gasteiger partial charge in [0, 0.05) is 22.1 Å². The molecule has 21 heavy (non-hydrogen) atoms. The smallest absolute Gasteiger partial charge is 0.227 e. The van der Waals surface area contributed by atoms with E-state index in [1.165, 1.54) is 0 Å². The van der Waals surface area contributed by atoms with Crippen LogP contribution in [0.2, 0.25) is 0 Å². The number of hydrogen-bond acceptors (Lipinski definition) is 3. The second-order valence-corrected chi connectivity index (χ2v) is 6.27. The molecule has 0 saturated carbocycles. The van der Waals surface area contributed by atoms with E-state index in [1.807, 2.05) is 32.0 Å². The fourth-order valence-electron chi connectivity index (χ4n) is 2.30. The molecule has 4 nitrogen and oxygen atoms in total. The summed E-state index contributed by atoms with van der Waals surface area (Å²) < 4.78 is 6.57. The van der Waals surface area contributed by atoms with Gasteiger partial charge in [0.2, 0.25) is 5.91 Å². The number of piperidine rings is 1. The van der Waals surface area contributed by atoms with E-state index in [4.69, 9.17) is 4.74 Å². The van der Waals surface area contributed by atoms with E-state index in [-0.39, 0.29) is 30.3 Å². The quantitative estimate of drug-likeness (QED) is 0.843. The van der Waals surface area contributed by atoms with E-state index in [0.29, 0.717) is 0 Å². The van der Waals surface area contributed by atoms with Gasteiger partial charge >= 0.3 is 0 Å². The minimum Gasteiger partial charge on any atom is -0.491 e. The lowest BCUT2D eigenvalue weighted by Gasteiger charge is -2.22. The SMILES string of the molecule is CC(C)Oc1cc(Br)cc(NC(=O)C2CCNCC2)c1.Cl. The van der Waals surface area contributed by atoms with Crippen LogP contribution >= 0.6 is 28.3 Å². The van der Waals surface area contributed by atoms with Gasteiger partial charge in [0.25, 0.3) is 0 Å². The molecule has 2 rings (SSSR count). The summed E-state index contributed by atoms with van der Waals surface area (Å²) in [6.45, 7) is 5.79. The Morgan fingerprint density at radius 2 is 2.00 bits per heavy atom. The molecule has 1 heterocycles. The van der Waals surface area contributed by atoms with Crippen LogP contribution in [0.25, 0.3) is 0 Å². The van der Waals surface area contributed by atoms with E-state index in [1.54, 1.807) is 0 Å². The van der Waals surface area contributed by atoms with Gasteiger partial charge in [0.05, 0.1) is 6.10 Å². The summed E-state index contributed by atoms with van der Waals surface area (Å²) in [5.74, 6) is 0.958. The lowest BCUT2D eigenvalue weighted by Crippen LogP contribution is -2.34. The molecular weight excluding hydrogens is 356 g/mol. The summed E-state index contributed by atoms with van der Waals surface area (Å²) in [7, 11) is 0. The van der Waals surface area contributed by atoms with Gasteiger partial charge in [-0.25, -0.2) is 0 Å². The minimum atomic E-state index is 0. The molecule has 1 amide bonds. The zero-order valence-corrected chi connectivity index (χ0v) is 14.7. The number of ether oxygens (including phenoxy) is 1. The zero-order valence-electron chi connectivity index (χ0n) is 12.3. The largest absolute Gasteiger partial charge is 0.491 e. The fraction of sp³-hybridized carbons (Fsp3) is 0.533. The lowest BCUT2D eigenvalue weighted by atomic mass is 9.97. The molecule has 1 aromatic carbocycles. The van der Waals surface area contributed by atoms with Crippen molar-refractivity contribution in [3.63, 3.8) is 0 Å². The van der Waals surface area contributed by atoms with Crippen molar-refractivity contribution in [1.29, 1.82) is 0 Å². The van der Waals surface area contributed by atoms with Crippen LogP contribution in [0.1, 0.15) is 26.7 Å². The average molecular weight is 378 g/mol. The van der Waals surface area contributed by atoms with Crippen molar-refractivity contribution in [2.45, 2.75) is 32.8 Å². The van der Waals surface area contributed by atoms with Crippen molar-refractivity contribution in [3.8, 4) is 5.75 Å². The average Bonchev–Trinajstić information content (AvgIpc) is 2.38. The number of carbonyl (C=O) groups is 1. The Bertz CT molecular complexity index is 477. The summed E-state index contributed by atoms with van der Waals surface area (Å²) in [6, 6.07) is 5.66. The van der Waals surface area contributed by atoms with Crippen molar-refractivity contribution >= 4 is 39.9 Å². The van der Waals surface area contributed by atoms with Gasteiger partial charge < -0.3 is 15.4 Å². The van der Waals surface area contributed by atoms with Gasteiger partial charge in [-0.3, -0.25) is 4.79 Å². The second-order valence-electron chi connectivity index (χ2n) is 5.36. The Kier molecular flexibility index (Phi) is 7.49. The first-order chi connectivity index (χ1) is 9.54. The van der Waals surface area contributed by atoms with Crippen molar-refractivity contribution in [1.82, 2.24) is 5.32 Å². The van der Waals surface area contributed by atoms with Crippen LogP contribution in [0.5, 0.6) is 5.75 Å². The van der Waals surface area contributed by atoms with Gasteiger partial charge in [0.1, 0.15) is 5.75 Å². The summed E-state index contributed by atoms with van der Waals surface area (Å²) in [5.41, 5.74) is 0.776. The Morgan fingerprint density at radius 1 is 1.33 bits per heavy atom. The topological polar surface area (TPSA) is 50.4 Å². The van der Waals surface area contributed by atoms with Crippen molar-refractivity contribution < 1.29 is 9.53 Å². The van der Waals surface area contributed by atoms with Crippen LogP contribution in [0.3, 0.4) is 0 Å². The van der Waals surface area contributed by atoms with Crippen LogP contribution < -0.4 is 15.4 Å². The molecule has 0 aliphatic carbocycles. The van der Waals surface area contributed by atoms with Crippen molar-refractivity contribution in [3.05, 3.63) is 22.7 Å². The molecule has 0 spiro atoms. The number of hydrogen-bond donors (Lipinski definition) is 2. The fourth-order valence-corrected chi connectivity index (χ4v) is 2.78. The molecule has 2 N–H and O–H groups in total. The molecule has 1 aromatic rings. The normalized spacial score (nSPS) is 15.4. The number of carbonyl (C=O) groups excluding carboxylic acids is 1. The highest BCUT2D eigenvalue weighted by Gasteiger charge is 2.21. The molecular formula is C15H22BrClN2O2. The zero-order chi connectivity index (χ0) is 14.5. The Labute approximate surface area is 140 Å². The van der Waals surface area contributed by atoms with Crippen molar-refractivity contribution in [2.24, 2.45) is 5.92 Å². The van der Waals surface area contributed by atoms with E-state index in [0.717, 1.165) is 41.8 Å². The molecule has 0 radical (unpaired) electrons. The molecule has 1 fully saturated rings. The molecule has 118 valence electrons. The molecule has 0 bridgehead atoms. The number of amides is 1. The number of rotatable bonds is 4. The highest BCUT2D eigenvalue weighted by Crippen LogP contribution is 2.26. The molecule has 0 unspecified atom stereocenters. The van der Waals surface area contributed by atoms with Crippen LogP contribution in [-0.4, -0.2) is 25.1 Å². The van der Waals surface area contributed by atoms with Gasteiger partial charge in [-0.2, -0.15) is 0 Å². The Hall–Kier alpha value is -0.780. The molecule has 0 aromatic heterocycles. The lowest BCUT2D eigenvalue weighted by molar-refractivity contribution is -0.120. The van der Waals surface area contributed by atoms with E-state index in [9.17, 15) is 4.79 Å². The Balaban J connectivity index is 0.00000220. The van der Waals surface area contributed by atoms with Gasteiger partial charge in [0.15, 0.2) is 0 Å². The molecule has 0 atom stereocenters. The molecule has 1 aliphatic heterocycles. The van der Waals surface area contributed by atoms with E-state index >= 15 is 0 Å². The van der Waals surface area contributed by atoms with Gasteiger partial charge in [-0.05, 0) is 51.9 Å². The number of benzene rings is 1. The van der Waals surface area contributed by atoms with Gasteiger partial charge in [-0.15, -0.1) is 12.4 Å². The molecule has 6 heteroatoms. The third-order valence-corrected chi connectivity index (χ3v) is 3.68. The first kappa shape index (κ1) is 18.3. The molecule has 1 saturated heterocycles. The summed E-state index contributed by atoms with van der Waals surface area (Å²) in [5, 5.41) is 6.26. The highest BCUT2D eigenvalue weighted by molar-refractivity contribution is 9.10. The predicted octanol–water partition coefficient (Wildman–Crippen LogP) is 3.60. The number of halogens is 2. The first-order valence-electron chi connectivity index (χ1n) is 7.03. The standard InChI is InChI=1S/C15H21BrN2O2.ClH/c1-10(2)20-14-8-12(16)7-13(9-14)18-15(19)11-3-5-17-6-4-11;/h7-11,17H,3-6H2,1-2H3,(H,18,19);1H. The third-order valence-electron chi connectivity index (χ3n) is 3.22. The maximum absolute atomic E-state index is 12.2. The Morgan fingerprint density at radius 3 is 2.62 bits per heavy atom. The third kappa shape index (κ3) is 5.85.